The second kappa shape index (κ2) is 9.37. The summed E-state index contributed by atoms with van der Waals surface area (Å²) < 4.78 is 0. The maximum atomic E-state index is 11.7. The van der Waals surface area contributed by atoms with E-state index < -0.39 is 0 Å². The lowest BCUT2D eigenvalue weighted by Gasteiger charge is -2.13. The maximum Gasteiger partial charge on any atom is 0.237 e. The molecule has 2 N–H and O–H groups in total. The Balaban J connectivity index is 1.85. The molecule has 0 bridgehead atoms. The summed E-state index contributed by atoms with van der Waals surface area (Å²) in [6.07, 6.45) is 11.6. The third kappa shape index (κ3) is 7.70. The molecule has 1 amide bonds. The molecule has 3 nitrogen and oxygen atoms in total. The number of hydrogen-bond donors (Lipinski definition) is 2. The van der Waals surface area contributed by atoms with Gasteiger partial charge in [0, 0.05) is 6.04 Å². The lowest BCUT2D eigenvalue weighted by molar-refractivity contribution is -0.122. The second-order valence-corrected chi connectivity index (χ2v) is 5.58. The van der Waals surface area contributed by atoms with Crippen molar-refractivity contribution in [1.29, 1.82) is 0 Å². The molecule has 1 saturated carbocycles. The molecule has 1 rings (SSSR count). The number of nitrogens with one attached hydrogen (secondary N) is 2. The van der Waals surface area contributed by atoms with E-state index in [0.29, 0.717) is 6.04 Å². The van der Waals surface area contributed by atoms with Crippen LogP contribution in [0.2, 0.25) is 0 Å². The molecule has 1 fully saturated rings. The number of amides is 1. The lowest BCUT2D eigenvalue weighted by Crippen LogP contribution is -2.43. The Morgan fingerprint density at radius 3 is 2.33 bits per heavy atom. The van der Waals surface area contributed by atoms with Crippen LogP contribution < -0.4 is 10.6 Å². The van der Waals surface area contributed by atoms with Crippen molar-refractivity contribution >= 4 is 5.91 Å². The van der Waals surface area contributed by atoms with Gasteiger partial charge in [-0.1, -0.05) is 45.4 Å². The Hall–Kier alpha value is -0.570. The van der Waals surface area contributed by atoms with Crippen molar-refractivity contribution in [2.45, 2.75) is 83.7 Å². The number of carbonyl (C=O) groups is 1. The fraction of sp³-hybridized carbons (Fsp3) is 0.933. The van der Waals surface area contributed by atoms with E-state index in [2.05, 4.69) is 17.6 Å². The summed E-state index contributed by atoms with van der Waals surface area (Å²) in [4.78, 5) is 11.7. The van der Waals surface area contributed by atoms with Crippen molar-refractivity contribution in [2.75, 3.05) is 6.54 Å². The highest BCUT2D eigenvalue weighted by atomic mass is 16.2. The summed E-state index contributed by atoms with van der Waals surface area (Å²) in [5.74, 6) is 0.167. The third-order valence-corrected chi connectivity index (χ3v) is 3.55. The lowest BCUT2D eigenvalue weighted by atomic mass is 10.1. The van der Waals surface area contributed by atoms with Crippen LogP contribution in [0.1, 0.15) is 71.6 Å². The average Bonchev–Trinajstić information content (AvgIpc) is 3.16. The molecule has 0 spiro atoms. The van der Waals surface area contributed by atoms with Crippen LogP contribution in [-0.2, 0) is 4.79 Å². The Labute approximate surface area is 112 Å². The number of carbonyl (C=O) groups excluding carboxylic acids is 1. The molecular formula is C15H30N2O. The molecule has 1 aliphatic carbocycles. The molecule has 1 aliphatic rings. The predicted molar refractivity (Wildman–Crippen MR) is 76.6 cm³/mol. The molecule has 106 valence electrons. The minimum atomic E-state index is -0.0364. The van der Waals surface area contributed by atoms with Crippen LogP contribution in [0.3, 0.4) is 0 Å². The van der Waals surface area contributed by atoms with E-state index >= 15 is 0 Å². The minimum absolute atomic E-state index is 0.0364. The van der Waals surface area contributed by atoms with Crippen molar-refractivity contribution in [1.82, 2.24) is 10.6 Å². The van der Waals surface area contributed by atoms with Crippen molar-refractivity contribution in [2.24, 2.45) is 0 Å². The summed E-state index contributed by atoms with van der Waals surface area (Å²) in [6, 6.07) is 0.436. The van der Waals surface area contributed by atoms with E-state index in [4.69, 9.17) is 0 Å². The topological polar surface area (TPSA) is 41.1 Å². The zero-order valence-corrected chi connectivity index (χ0v) is 12.1. The Morgan fingerprint density at radius 1 is 1.11 bits per heavy atom. The van der Waals surface area contributed by atoms with Crippen molar-refractivity contribution in [3.63, 3.8) is 0 Å². The molecule has 0 radical (unpaired) electrons. The van der Waals surface area contributed by atoms with Gasteiger partial charge < -0.3 is 10.6 Å². The Morgan fingerprint density at radius 2 is 1.72 bits per heavy atom. The standard InChI is InChI=1S/C15H30N2O/c1-3-4-5-6-7-8-9-12-16-13(2)15(18)17-14-10-11-14/h13-14,16H,3-12H2,1-2H3,(H,17,18). The minimum Gasteiger partial charge on any atom is -0.352 e. The van der Waals surface area contributed by atoms with Crippen LogP contribution in [0.25, 0.3) is 0 Å². The maximum absolute atomic E-state index is 11.7. The largest absolute Gasteiger partial charge is 0.352 e. The first-order valence-corrected chi connectivity index (χ1v) is 7.77. The van der Waals surface area contributed by atoms with Crippen LogP contribution in [0.4, 0.5) is 0 Å². The summed E-state index contributed by atoms with van der Waals surface area (Å²) >= 11 is 0. The third-order valence-electron chi connectivity index (χ3n) is 3.55. The van der Waals surface area contributed by atoms with Crippen LogP contribution in [0, 0.1) is 0 Å². The van der Waals surface area contributed by atoms with Gasteiger partial charge in [0.25, 0.3) is 0 Å². The van der Waals surface area contributed by atoms with E-state index in [1.54, 1.807) is 0 Å². The van der Waals surface area contributed by atoms with Crippen LogP contribution in [-0.4, -0.2) is 24.5 Å². The van der Waals surface area contributed by atoms with Gasteiger partial charge in [-0.25, -0.2) is 0 Å². The van der Waals surface area contributed by atoms with Gasteiger partial charge in [-0.15, -0.1) is 0 Å². The highest BCUT2D eigenvalue weighted by Crippen LogP contribution is 2.18. The van der Waals surface area contributed by atoms with Gasteiger partial charge in [-0.05, 0) is 32.7 Å². The highest BCUT2D eigenvalue weighted by Gasteiger charge is 2.25. The fourth-order valence-electron chi connectivity index (χ4n) is 2.05. The van der Waals surface area contributed by atoms with Gasteiger partial charge in [-0.3, -0.25) is 4.79 Å². The van der Waals surface area contributed by atoms with E-state index in [1.165, 1.54) is 44.9 Å². The second-order valence-electron chi connectivity index (χ2n) is 5.58. The molecule has 1 atom stereocenters. The van der Waals surface area contributed by atoms with Gasteiger partial charge >= 0.3 is 0 Å². The smallest absolute Gasteiger partial charge is 0.237 e. The number of hydrogen-bond acceptors (Lipinski definition) is 2. The van der Waals surface area contributed by atoms with Gasteiger partial charge in [0.15, 0.2) is 0 Å². The first-order chi connectivity index (χ1) is 8.74. The van der Waals surface area contributed by atoms with Crippen molar-refractivity contribution in [3.8, 4) is 0 Å². The highest BCUT2D eigenvalue weighted by molar-refractivity contribution is 5.81. The molecular weight excluding hydrogens is 224 g/mol. The first-order valence-electron chi connectivity index (χ1n) is 7.77. The Kier molecular flexibility index (Phi) is 8.06. The van der Waals surface area contributed by atoms with E-state index in [-0.39, 0.29) is 11.9 Å². The summed E-state index contributed by atoms with van der Waals surface area (Å²) in [5.41, 5.74) is 0. The molecule has 0 aromatic rings. The Bertz CT molecular complexity index is 227. The summed E-state index contributed by atoms with van der Waals surface area (Å²) in [6.45, 7) is 5.17. The molecule has 1 unspecified atom stereocenters. The van der Waals surface area contributed by atoms with Crippen LogP contribution in [0.15, 0.2) is 0 Å². The van der Waals surface area contributed by atoms with Gasteiger partial charge in [0.05, 0.1) is 6.04 Å². The molecule has 18 heavy (non-hydrogen) atoms. The summed E-state index contributed by atoms with van der Waals surface area (Å²) in [7, 11) is 0. The monoisotopic (exact) mass is 254 g/mol. The van der Waals surface area contributed by atoms with Crippen molar-refractivity contribution in [3.05, 3.63) is 0 Å². The van der Waals surface area contributed by atoms with E-state index in [0.717, 1.165) is 19.4 Å². The quantitative estimate of drug-likeness (QED) is 0.557. The van der Waals surface area contributed by atoms with Gasteiger partial charge in [0.1, 0.15) is 0 Å². The van der Waals surface area contributed by atoms with Crippen molar-refractivity contribution < 1.29 is 4.79 Å². The molecule has 0 aromatic heterocycles. The molecule has 0 aliphatic heterocycles. The average molecular weight is 254 g/mol. The normalized spacial score (nSPS) is 16.6. The van der Waals surface area contributed by atoms with Crippen LogP contribution >= 0.6 is 0 Å². The predicted octanol–water partition coefficient (Wildman–Crippen LogP) is 2.99. The SMILES string of the molecule is CCCCCCCCCNC(C)C(=O)NC1CC1. The van der Waals surface area contributed by atoms with Gasteiger partial charge in [-0.2, -0.15) is 0 Å². The molecule has 3 heteroatoms. The van der Waals surface area contributed by atoms with Gasteiger partial charge in [0.2, 0.25) is 5.91 Å². The molecule has 0 saturated heterocycles. The fourth-order valence-corrected chi connectivity index (χ4v) is 2.05. The first kappa shape index (κ1) is 15.5. The zero-order valence-electron chi connectivity index (χ0n) is 12.1. The van der Waals surface area contributed by atoms with E-state index in [1.807, 2.05) is 6.92 Å². The molecule has 0 heterocycles. The number of unbranched alkanes of at least 4 members (excludes halogenated alkanes) is 6. The molecule has 0 aromatic carbocycles. The zero-order chi connectivity index (χ0) is 13.2. The number of rotatable bonds is 11. The summed E-state index contributed by atoms with van der Waals surface area (Å²) in [5, 5.41) is 6.33. The van der Waals surface area contributed by atoms with Crippen LogP contribution in [0.5, 0.6) is 0 Å². The van der Waals surface area contributed by atoms with E-state index in [9.17, 15) is 4.79 Å².